The van der Waals surface area contributed by atoms with Crippen LogP contribution >= 0.6 is 0 Å². The van der Waals surface area contributed by atoms with Crippen LogP contribution < -0.4 is 5.32 Å². The molecule has 0 aliphatic carbocycles. The van der Waals surface area contributed by atoms with Crippen LogP contribution in [-0.2, 0) is 14.3 Å². The summed E-state index contributed by atoms with van der Waals surface area (Å²) in [5.41, 5.74) is 2.67. The Labute approximate surface area is 194 Å². The normalized spacial score (nSPS) is 12.0. The number of nitrogens with one attached hydrogen (secondary N) is 1. The molecule has 172 valence electrons. The van der Waals surface area contributed by atoms with Gasteiger partial charge in [0.25, 0.3) is 5.91 Å². The van der Waals surface area contributed by atoms with Gasteiger partial charge < -0.3 is 14.6 Å². The lowest BCUT2D eigenvalue weighted by molar-refractivity contribution is -0.148. The van der Waals surface area contributed by atoms with Crippen LogP contribution in [0, 0.1) is 12.7 Å². The van der Waals surface area contributed by atoms with E-state index in [1.165, 1.54) is 25.1 Å². The van der Waals surface area contributed by atoms with Crippen molar-refractivity contribution in [2.75, 3.05) is 5.32 Å². The molecule has 0 saturated heterocycles. The van der Waals surface area contributed by atoms with E-state index in [4.69, 9.17) is 9.26 Å². The van der Waals surface area contributed by atoms with Crippen LogP contribution in [0.1, 0.15) is 18.2 Å². The van der Waals surface area contributed by atoms with Gasteiger partial charge in [0.15, 0.2) is 11.9 Å². The van der Waals surface area contributed by atoms with Crippen molar-refractivity contribution in [2.24, 2.45) is 0 Å². The summed E-state index contributed by atoms with van der Waals surface area (Å²) in [6.07, 6.45) is 3.45. The molecule has 1 N–H and O–H groups in total. The number of halogens is 1. The van der Waals surface area contributed by atoms with E-state index >= 15 is 0 Å². The summed E-state index contributed by atoms with van der Waals surface area (Å²) in [5.74, 6) is -0.843. The molecule has 0 fully saturated rings. The molecule has 0 aliphatic heterocycles. The molecule has 1 amide bonds. The highest BCUT2D eigenvalue weighted by atomic mass is 19.1. The van der Waals surface area contributed by atoms with Crippen molar-refractivity contribution in [1.29, 1.82) is 0 Å². The summed E-state index contributed by atoms with van der Waals surface area (Å²) in [6, 6.07) is 16.9. The van der Waals surface area contributed by atoms with Crippen molar-refractivity contribution in [3.63, 3.8) is 0 Å². The van der Waals surface area contributed by atoms with Gasteiger partial charge in [0, 0.05) is 29.5 Å². The minimum atomic E-state index is -1.06. The molecule has 8 nitrogen and oxygen atoms in total. The molecule has 4 aromatic rings. The first-order valence-corrected chi connectivity index (χ1v) is 10.4. The molecule has 0 bridgehead atoms. The summed E-state index contributed by atoms with van der Waals surface area (Å²) >= 11 is 0. The second-order valence-electron chi connectivity index (χ2n) is 7.44. The molecule has 0 radical (unpaired) electrons. The van der Waals surface area contributed by atoms with E-state index in [0.29, 0.717) is 22.6 Å². The number of rotatable bonds is 7. The summed E-state index contributed by atoms with van der Waals surface area (Å²) in [4.78, 5) is 24.6. The van der Waals surface area contributed by atoms with E-state index in [9.17, 15) is 14.0 Å². The quantitative estimate of drug-likeness (QED) is 0.321. The largest absolute Gasteiger partial charge is 0.449 e. The van der Waals surface area contributed by atoms with Crippen LogP contribution in [0.15, 0.2) is 77.5 Å². The number of benzene rings is 2. The number of para-hydroxylation sites is 1. The smallest absolute Gasteiger partial charge is 0.331 e. The van der Waals surface area contributed by atoms with Crippen LogP contribution in [-0.4, -0.2) is 32.9 Å². The third-order valence-electron chi connectivity index (χ3n) is 4.82. The van der Waals surface area contributed by atoms with Gasteiger partial charge in [-0.3, -0.25) is 4.79 Å². The van der Waals surface area contributed by atoms with Gasteiger partial charge in [-0.05, 0) is 56.3 Å². The molecule has 1 atom stereocenters. The van der Waals surface area contributed by atoms with Crippen molar-refractivity contribution in [2.45, 2.75) is 20.0 Å². The van der Waals surface area contributed by atoms with Crippen molar-refractivity contribution >= 4 is 23.8 Å². The number of nitrogens with zero attached hydrogens (tertiary/aromatic N) is 3. The second kappa shape index (κ2) is 9.95. The second-order valence-corrected chi connectivity index (χ2v) is 7.44. The minimum Gasteiger partial charge on any atom is -0.449 e. The number of hydrogen-bond donors (Lipinski definition) is 1. The minimum absolute atomic E-state index is 0.234. The molecule has 1 unspecified atom stereocenters. The zero-order valence-corrected chi connectivity index (χ0v) is 18.4. The van der Waals surface area contributed by atoms with Gasteiger partial charge in [-0.25, -0.2) is 13.9 Å². The maximum absolute atomic E-state index is 13.4. The Balaban J connectivity index is 1.51. The van der Waals surface area contributed by atoms with Crippen molar-refractivity contribution in [3.8, 4) is 16.9 Å². The highest BCUT2D eigenvalue weighted by Gasteiger charge is 2.18. The van der Waals surface area contributed by atoms with Gasteiger partial charge in [0.1, 0.15) is 11.6 Å². The summed E-state index contributed by atoms with van der Waals surface area (Å²) in [7, 11) is 0. The molecular formula is C25H21FN4O4. The summed E-state index contributed by atoms with van der Waals surface area (Å²) in [6.45, 7) is 3.14. The molecule has 4 rings (SSSR count). The highest BCUT2D eigenvalue weighted by Crippen LogP contribution is 2.25. The summed E-state index contributed by atoms with van der Waals surface area (Å²) in [5, 5.41) is 10.8. The summed E-state index contributed by atoms with van der Waals surface area (Å²) < 4.78 is 25.2. The maximum atomic E-state index is 13.4. The van der Waals surface area contributed by atoms with E-state index in [2.05, 4.69) is 15.6 Å². The first-order chi connectivity index (χ1) is 16.4. The van der Waals surface area contributed by atoms with Crippen LogP contribution in [0.3, 0.4) is 0 Å². The fraction of sp³-hybridized carbons (Fsp3) is 0.120. The molecule has 2 aromatic carbocycles. The Morgan fingerprint density at radius 2 is 1.88 bits per heavy atom. The number of aromatic nitrogens is 3. The average Bonchev–Trinajstić information content (AvgIpc) is 3.45. The Morgan fingerprint density at radius 3 is 2.56 bits per heavy atom. The Morgan fingerprint density at radius 1 is 1.15 bits per heavy atom. The Kier molecular flexibility index (Phi) is 6.63. The molecular weight excluding hydrogens is 439 g/mol. The zero-order chi connectivity index (χ0) is 24.1. The Bertz CT molecular complexity index is 1330. The molecule has 34 heavy (non-hydrogen) atoms. The molecule has 9 heteroatoms. The topological polar surface area (TPSA) is 99.2 Å². The number of carbonyl (C=O) groups is 2. The number of esters is 1. The Hall–Kier alpha value is -4.53. The van der Waals surface area contributed by atoms with Gasteiger partial charge in [-0.2, -0.15) is 5.10 Å². The van der Waals surface area contributed by atoms with E-state index in [1.54, 1.807) is 42.1 Å². The number of ether oxygens (including phenoxy) is 1. The molecule has 2 aromatic heterocycles. The van der Waals surface area contributed by atoms with Crippen LogP contribution in [0.5, 0.6) is 0 Å². The van der Waals surface area contributed by atoms with E-state index in [1.807, 2.05) is 30.3 Å². The van der Waals surface area contributed by atoms with Crippen LogP contribution in [0.4, 0.5) is 10.2 Å². The number of aryl methyl sites for hydroxylation is 1. The number of amides is 1. The third-order valence-corrected chi connectivity index (χ3v) is 4.82. The van der Waals surface area contributed by atoms with Gasteiger partial charge in [-0.15, -0.1) is 0 Å². The van der Waals surface area contributed by atoms with E-state index < -0.39 is 18.0 Å². The van der Waals surface area contributed by atoms with E-state index in [-0.39, 0.29) is 11.6 Å². The SMILES string of the molecule is Cc1cc(NC(=O)C(C)OC(=O)/C=C/c2cn(-c3ccccc3)nc2-c2ccc(F)cc2)no1. The first-order valence-electron chi connectivity index (χ1n) is 10.4. The van der Waals surface area contributed by atoms with Crippen LogP contribution in [0.25, 0.3) is 23.0 Å². The average molecular weight is 460 g/mol. The lowest BCUT2D eigenvalue weighted by Gasteiger charge is -2.10. The number of carbonyl (C=O) groups excluding carboxylic acids is 2. The monoisotopic (exact) mass is 460 g/mol. The molecule has 0 spiro atoms. The fourth-order valence-electron chi connectivity index (χ4n) is 3.13. The fourth-order valence-corrected chi connectivity index (χ4v) is 3.13. The maximum Gasteiger partial charge on any atom is 0.331 e. The predicted octanol–water partition coefficient (Wildman–Crippen LogP) is 4.56. The molecule has 2 heterocycles. The lowest BCUT2D eigenvalue weighted by atomic mass is 10.1. The first kappa shape index (κ1) is 22.7. The van der Waals surface area contributed by atoms with Crippen molar-refractivity contribution in [3.05, 3.63) is 90.1 Å². The van der Waals surface area contributed by atoms with Gasteiger partial charge in [0.05, 0.1) is 11.4 Å². The van der Waals surface area contributed by atoms with Gasteiger partial charge in [0.2, 0.25) is 0 Å². The van der Waals surface area contributed by atoms with Gasteiger partial charge >= 0.3 is 5.97 Å². The lowest BCUT2D eigenvalue weighted by Crippen LogP contribution is -2.29. The number of hydrogen-bond acceptors (Lipinski definition) is 6. The predicted molar refractivity (Wildman–Crippen MR) is 123 cm³/mol. The molecule has 0 saturated carbocycles. The van der Waals surface area contributed by atoms with E-state index in [0.717, 1.165) is 5.69 Å². The third kappa shape index (κ3) is 5.44. The van der Waals surface area contributed by atoms with Crippen molar-refractivity contribution in [1.82, 2.24) is 14.9 Å². The number of anilines is 1. The standard InChI is InChI=1S/C25H21FN4O4/c1-16-14-22(29-34-16)27-25(32)17(2)33-23(31)13-10-19-15-30(21-6-4-3-5-7-21)28-24(19)18-8-11-20(26)12-9-18/h3-15,17H,1-2H3,(H,27,29,32)/b13-10+. The highest BCUT2D eigenvalue weighted by molar-refractivity contribution is 5.96. The van der Waals surface area contributed by atoms with Crippen molar-refractivity contribution < 1.29 is 23.2 Å². The molecule has 0 aliphatic rings. The van der Waals surface area contributed by atoms with Crippen LogP contribution in [0.2, 0.25) is 0 Å². The zero-order valence-electron chi connectivity index (χ0n) is 18.4. The van der Waals surface area contributed by atoms with Gasteiger partial charge in [-0.1, -0.05) is 23.4 Å².